The minimum absolute atomic E-state index is 0.930. The minimum atomic E-state index is 0.930. The van der Waals surface area contributed by atoms with Crippen LogP contribution in [0.1, 0.15) is 25.7 Å². The Morgan fingerprint density at radius 1 is 0.857 bits per heavy atom. The fraction of sp³-hybridized carbons (Fsp3) is 0.500. The van der Waals surface area contributed by atoms with Crippen molar-refractivity contribution in [3.05, 3.63) is 34.8 Å². The van der Waals surface area contributed by atoms with Gasteiger partial charge in [0.25, 0.3) is 0 Å². The highest BCUT2D eigenvalue weighted by atomic mass is 16.5. The summed E-state index contributed by atoms with van der Waals surface area (Å²) in [4.78, 5) is 0. The van der Waals surface area contributed by atoms with Crippen molar-refractivity contribution in [1.29, 1.82) is 0 Å². The van der Waals surface area contributed by atoms with Gasteiger partial charge in [-0.1, -0.05) is 23.3 Å². The van der Waals surface area contributed by atoms with Crippen LogP contribution in [-0.4, -0.2) is 14.2 Å². The van der Waals surface area contributed by atoms with Crippen molar-refractivity contribution in [2.75, 3.05) is 14.2 Å². The second-order valence-corrected chi connectivity index (χ2v) is 3.69. The van der Waals surface area contributed by atoms with Crippen LogP contribution in [-0.2, 0) is 9.47 Å². The van der Waals surface area contributed by atoms with E-state index in [1.165, 1.54) is 11.1 Å². The molecule has 2 nitrogen and oxygen atoms in total. The van der Waals surface area contributed by atoms with Crippen LogP contribution in [0.4, 0.5) is 0 Å². The number of allylic oxidation sites excluding steroid dienone is 4. The summed E-state index contributed by atoms with van der Waals surface area (Å²) in [6.07, 6.45) is 8.50. The monoisotopic (exact) mass is 192 g/mol. The largest absolute Gasteiger partial charge is 0.497 e. The summed E-state index contributed by atoms with van der Waals surface area (Å²) in [6.45, 7) is 0. The average Bonchev–Trinajstić information content (AvgIpc) is 2.27. The van der Waals surface area contributed by atoms with Gasteiger partial charge in [-0.15, -0.1) is 0 Å². The summed E-state index contributed by atoms with van der Waals surface area (Å²) in [5.74, 6) is 2.00. The van der Waals surface area contributed by atoms with E-state index in [1.54, 1.807) is 14.2 Å². The molecule has 0 radical (unpaired) electrons. The van der Waals surface area contributed by atoms with Gasteiger partial charge in [-0.3, -0.25) is 0 Å². The number of ether oxygens (including phenoxy) is 2. The van der Waals surface area contributed by atoms with Gasteiger partial charge >= 0.3 is 0 Å². The van der Waals surface area contributed by atoms with Gasteiger partial charge in [0.2, 0.25) is 0 Å². The third-order valence-electron chi connectivity index (χ3n) is 2.95. The van der Waals surface area contributed by atoms with Crippen molar-refractivity contribution in [2.24, 2.45) is 0 Å². The molecule has 0 unspecified atom stereocenters. The molecule has 14 heavy (non-hydrogen) atoms. The van der Waals surface area contributed by atoms with Gasteiger partial charge < -0.3 is 9.47 Å². The molecule has 0 heterocycles. The summed E-state index contributed by atoms with van der Waals surface area (Å²) in [6, 6.07) is 0. The van der Waals surface area contributed by atoms with Gasteiger partial charge in [0.15, 0.2) is 0 Å². The molecule has 0 atom stereocenters. The van der Waals surface area contributed by atoms with Crippen LogP contribution >= 0.6 is 0 Å². The fourth-order valence-electron chi connectivity index (χ4n) is 2.09. The summed E-state index contributed by atoms with van der Waals surface area (Å²) >= 11 is 0. The van der Waals surface area contributed by atoms with Crippen molar-refractivity contribution in [3.8, 4) is 0 Å². The molecule has 0 N–H and O–H groups in total. The van der Waals surface area contributed by atoms with Crippen LogP contribution in [0, 0.1) is 0 Å². The lowest BCUT2D eigenvalue weighted by molar-refractivity contribution is 0.205. The third-order valence-corrected chi connectivity index (χ3v) is 2.95. The molecular weight excluding hydrogens is 176 g/mol. The molecule has 2 aliphatic carbocycles. The van der Waals surface area contributed by atoms with Gasteiger partial charge in [-0.05, 0) is 12.8 Å². The van der Waals surface area contributed by atoms with E-state index in [-0.39, 0.29) is 0 Å². The Morgan fingerprint density at radius 3 is 1.64 bits per heavy atom. The van der Waals surface area contributed by atoms with E-state index < -0.39 is 0 Å². The third kappa shape index (κ3) is 1.57. The average molecular weight is 192 g/mol. The van der Waals surface area contributed by atoms with E-state index in [9.17, 15) is 0 Å². The molecule has 0 aromatic rings. The van der Waals surface area contributed by atoms with E-state index >= 15 is 0 Å². The molecule has 0 amide bonds. The van der Waals surface area contributed by atoms with Crippen LogP contribution in [0.25, 0.3) is 0 Å². The van der Waals surface area contributed by atoms with Gasteiger partial charge in [0.05, 0.1) is 14.2 Å². The van der Waals surface area contributed by atoms with E-state index in [0.717, 1.165) is 37.2 Å². The molecule has 0 saturated carbocycles. The fourth-order valence-corrected chi connectivity index (χ4v) is 2.09. The molecule has 0 aromatic carbocycles. The standard InChI is InChI=1S/C12H16O2/c1-13-11-7-9-5-3-4-6-10(9)8-12(11)14-2/h3-4H,5-8H2,1-2H3. The van der Waals surface area contributed by atoms with Crippen molar-refractivity contribution >= 4 is 0 Å². The van der Waals surface area contributed by atoms with Crippen LogP contribution in [0.3, 0.4) is 0 Å². The smallest absolute Gasteiger partial charge is 0.137 e. The second-order valence-electron chi connectivity index (χ2n) is 3.69. The molecule has 0 aliphatic heterocycles. The minimum Gasteiger partial charge on any atom is -0.497 e. The van der Waals surface area contributed by atoms with Crippen molar-refractivity contribution in [1.82, 2.24) is 0 Å². The summed E-state index contributed by atoms with van der Waals surface area (Å²) in [5, 5.41) is 0. The molecule has 2 rings (SSSR count). The quantitative estimate of drug-likeness (QED) is 0.626. The molecule has 76 valence electrons. The predicted molar refractivity (Wildman–Crippen MR) is 55.7 cm³/mol. The van der Waals surface area contributed by atoms with Crippen molar-refractivity contribution in [3.63, 3.8) is 0 Å². The zero-order valence-electron chi connectivity index (χ0n) is 8.80. The van der Waals surface area contributed by atoms with Crippen LogP contribution in [0.15, 0.2) is 34.8 Å². The SMILES string of the molecule is COC1=C(OC)CC2=C(CC=CC2)C1. The second kappa shape index (κ2) is 3.91. The van der Waals surface area contributed by atoms with Gasteiger partial charge in [0.1, 0.15) is 11.5 Å². The first kappa shape index (κ1) is 9.38. The van der Waals surface area contributed by atoms with Crippen LogP contribution in [0.5, 0.6) is 0 Å². The van der Waals surface area contributed by atoms with E-state index in [0.29, 0.717) is 0 Å². The molecule has 0 aromatic heterocycles. The van der Waals surface area contributed by atoms with Gasteiger partial charge in [-0.25, -0.2) is 0 Å². The Hall–Kier alpha value is -1.18. The maximum absolute atomic E-state index is 5.34. The number of hydrogen-bond donors (Lipinski definition) is 0. The maximum Gasteiger partial charge on any atom is 0.137 e. The Bertz CT molecular complexity index is 281. The van der Waals surface area contributed by atoms with Gasteiger partial charge in [-0.2, -0.15) is 0 Å². The lowest BCUT2D eigenvalue weighted by atomic mass is 9.87. The van der Waals surface area contributed by atoms with Crippen molar-refractivity contribution in [2.45, 2.75) is 25.7 Å². The number of hydrogen-bond acceptors (Lipinski definition) is 2. The van der Waals surface area contributed by atoms with E-state index in [4.69, 9.17) is 9.47 Å². The summed E-state index contributed by atoms with van der Waals surface area (Å²) in [7, 11) is 3.44. The zero-order valence-corrected chi connectivity index (χ0v) is 8.80. The highest BCUT2D eigenvalue weighted by Gasteiger charge is 2.21. The molecule has 2 heteroatoms. The molecule has 0 spiro atoms. The number of rotatable bonds is 2. The molecular formula is C12H16O2. The first-order valence-corrected chi connectivity index (χ1v) is 5.00. The molecule has 0 saturated heterocycles. The molecule has 2 aliphatic rings. The Labute approximate surface area is 84.9 Å². The van der Waals surface area contributed by atoms with Crippen LogP contribution < -0.4 is 0 Å². The Morgan fingerprint density at radius 2 is 1.29 bits per heavy atom. The topological polar surface area (TPSA) is 18.5 Å². The Kier molecular flexibility index (Phi) is 2.62. The molecule has 0 fully saturated rings. The normalized spacial score (nSPS) is 21.0. The number of methoxy groups -OCH3 is 2. The van der Waals surface area contributed by atoms with Gasteiger partial charge in [0, 0.05) is 12.8 Å². The summed E-state index contributed by atoms with van der Waals surface area (Å²) in [5.41, 5.74) is 3.04. The highest BCUT2D eigenvalue weighted by Crippen LogP contribution is 2.36. The predicted octanol–water partition coefficient (Wildman–Crippen LogP) is 2.93. The Balaban J connectivity index is 2.18. The van der Waals surface area contributed by atoms with E-state index in [2.05, 4.69) is 12.2 Å². The lowest BCUT2D eigenvalue weighted by Gasteiger charge is -2.25. The van der Waals surface area contributed by atoms with Crippen LogP contribution in [0.2, 0.25) is 0 Å². The van der Waals surface area contributed by atoms with Crippen molar-refractivity contribution < 1.29 is 9.47 Å². The zero-order chi connectivity index (χ0) is 9.97. The van der Waals surface area contributed by atoms with E-state index in [1.807, 2.05) is 0 Å². The maximum atomic E-state index is 5.34. The first-order valence-electron chi connectivity index (χ1n) is 5.00. The first-order chi connectivity index (χ1) is 6.85. The lowest BCUT2D eigenvalue weighted by Crippen LogP contribution is -2.09. The summed E-state index contributed by atoms with van der Waals surface area (Å²) < 4.78 is 10.7. The molecule has 0 bridgehead atoms. The highest BCUT2D eigenvalue weighted by molar-refractivity contribution is 5.34.